The van der Waals surface area contributed by atoms with Crippen LogP contribution in [0.25, 0.3) is 0 Å². The second kappa shape index (κ2) is 6.46. The van der Waals surface area contributed by atoms with Gasteiger partial charge in [0.05, 0.1) is 4.90 Å². The highest BCUT2D eigenvalue weighted by Crippen LogP contribution is 2.29. The molecule has 118 valence electrons. The molecule has 1 aliphatic rings. The maximum atomic E-state index is 12.7. The van der Waals surface area contributed by atoms with Crippen molar-refractivity contribution in [3.05, 3.63) is 29.3 Å². The molecule has 0 saturated heterocycles. The molecule has 0 aromatic heterocycles. The maximum Gasteiger partial charge on any atom is 0.241 e. The van der Waals surface area contributed by atoms with Gasteiger partial charge in [-0.25, -0.2) is 13.1 Å². The maximum absolute atomic E-state index is 12.7. The van der Waals surface area contributed by atoms with Crippen molar-refractivity contribution in [2.45, 2.75) is 57.5 Å². The number of nitrogens with two attached hydrogens (primary N) is 1. The third kappa shape index (κ3) is 4.05. The van der Waals surface area contributed by atoms with E-state index in [0.717, 1.165) is 24.0 Å². The van der Waals surface area contributed by atoms with Crippen LogP contribution in [0.15, 0.2) is 23.1 Å². The Morgan fingerprint density at radius 1 is 1.19 bits per heavy atom. The molecule has 2 rings (SSSR count). The van der Waals surface area contributed by atoms with Crippen LogP contribution in [-0.2, 0) is 16.6 Å². The van der Waals surface area contributed by atoms with Crippen molar-refractivity contribution in [3.8, 4) is 0 Å². The summed E-state index contributed by atoms with van der Waals surface area (Å²) in [6.07, 6.45) is 3.01. The molecule has 2 atom stereocenters. The minimum absolute atomic E-state index is 0.0367. The van der Waals surface area contributed by atoms with Gasteiger partial charge in [-0.1, -0.05) is 26.0 Å². The fraction of sp³-hybridized carbons (Fsp3) is 0.625. The molecular formula is C16H26N2O2S. The summed E-state index contributed by atoms with van der Waals surface area (Å²) in [5.74, 6) is 1.14. The lowest BCUT2D eigenvalue weighted by Crippen LogP contribution is -2.40. The SMILES string of the molecule is Cc1ccc(CN)cc1S(=O)(=O)NC1CC(C)CC(C)C1. The highest BCUT2D eigenvalue weighted by atomic mass is 32.2. The van der Waals surface area contributed by atoms with Crippen LogP contribution in [0.2, 0.25) is 0 Å². The summed E-state index contributed by atoms with van der Waals surface area (Å²) < 4.78 is 28.2. The van der Waals surface area contributed by atoms with E-state index < -0.39 is 10.0 Å². The van der Waals surface area contributed by atoms with E-state index in [1.54, 1.807) is 6.07 Å². The van der Waals surface area contributed by atoms with Crippen molar-refractivity contribution in [2.24, 2.45) is 17.6 Å². The van der Waals surface area contributed by atoms with Gasteiger partial charge in [-0.05, 0) is 55.2 Å². The van der Waals surface area contributed by atoms with Crippen molar-refractivity contribution in [2.75, 3.05) is 0 Å². The van der Waals surface area contributed by atoms with Crippen LogP contribution in [0.4, 0.5) is 0 Å². The number of benzene rings is 1. The lowest BCUT2D eigenvalue weighted by Gasteiger charge is -2.31. The zero-order valence-electron chi connectivity index (χ0n) is 13.1. The number of hydrogen-bond donors (Lipinski definition) is 2. The summed E-state index contributed by atoms with van der Waals surface area (Å²) in [6.45, 7) is 6.55. The highest BCUT2D eigenvalue weighted by molar-refractivity contribution is 7.89. The summed E-state index contributed by atoms with van der Waals surface area (Å²) in [7, 11) is -3.48. The molecule has 1 fully saturated rings. The Balaban J connectivity index is 2.22. The fourth-order valence-electron chi connectivity index (χ4n) is 3.39. The molecule has 0 radical (unpaired) electrons. The molecule has 1 saturated carbocycles. The molecule has 21 heavy (non-hydrogen) atoms. The second-order valence-corrected chi connectivity index (χ2v) is 8.22. The Hall–Kier alpha value is -0.910. The largest absolute Gasteiger partial charge is 0.326 e. The van der Waals surface area contributed by atoms with E-state index in [2.05, 4.69) is 18.6 Å². The van der Waals surface area contributed by atoms with Crippen molar-refractivity contribution >= 4 is 10.0 Å². The van der Waals surface area contributed by atoms with Gasteiger partial charge in [0.2, 0.25) is 10.0 Å². The highest BCUT2D eigenvalue weighted by Gasteiger charge is 2.28. The summed E-state index contributed by atoms with van der Waals surface area (Å²) >= 11 is 0. The summed E-state index contributed by atoms with van der Waals surface area (Å²) in [4.78, 5) is 0.358. The van der Waals surface area contributed by atoms with Gasteiger partial charge in [0.15, 0.2) is 0 Å². The smallest absolute Gasteiger partial charge is 0.241 e. The predicted octanol–water partition coefficient (Wildman–Crippen LogP) is 2.56. The van der Waals surface area contributed by atoms with E-state index in [4.69, 9.17) is 5.73 Å². The van der Waals surface area contributed by atoms with E-state index in [1.165, 1.54) is 6.42 Å². The first-order chi connectivity index (χ1) is 9.81. The van der Waals surface area contributed by atoms with Crippen LogP contribution in [-0.4, -0.2) is 14.5 Å². The number of rotatable bonds is 4. The predicted molar refractivity (Wildman–Crippen MR) is 85.4 cm³/mol. The second-order valence-electron chi connectivity index (χ2n) is 6.54. The van der Waals surface area contributed by atoms with Gasteiger partial charge in [0, 0.05) is 12.6 Å². The molecule has 0 bridgehead atoms. The Labute approximate surface area is 128 Å². The average molecular weight is 310 g/mol. The quantitative estimate of drug-likeness (QED) is 0.897. The average Bonchev–Trinajstić information content (AvgIpc) is 2.37. The molecule has 0 amide bonds. The van der Waals surface area contributed by atoms with Crippen LogP contribution in [0.5, 0.6) is 0 Å². The van der Waals surface area contributed by atoms with Gasteiger partial charge in [-0.3, -0.25) is 0 Å². The molecule has 0 spiro atoms. The first-order valence-electron chi connectivity index (χ1n) is 7.63. The minimum Gasteiger partial charge on any atom is -0.326 e. The van der Waals surface area contributed by atoms with Gasteiger partial charge < -0.3 is 5.73 Å². The lowest BCUT2D eigenvalue weighted by molar-refractivity contribution is 0.257. The molecule has 0 heterocycles. The van der Waals surface area contributed by atoms with E-state index in [0.29, 0.717) is 23.3 Å². The van der Waals surface area contributed by atoms with Crippen molar-refractivity contribution in [1.29, 1.82) is 0 Å². The Kier molecular flexibility index (Phi) is 5.07. The van der Waals surface area contributed by atoms with Crippen LogP contribution in [0, 0.1) is 18.8 Å². The topological polar surface area (TPSA) is 72.2 Å². The molecule has 5 heteroatoms. The van der Waals surface area contributed by atoms with Gasteiger partial charge in [-0.2, -0.15) is 0 Å². The number of aryl methyl sites for hydroxylation is 1. The van der Waals surface area contributed by atoms with Crippen LogP contribution in [0.3, 0.4) is 0 Å². The van der Waals surface area contributed by atoms with Crippen LogP contribution in [0.1, 0.15) is 44.2 Å². The molecule has 2 unspecified atom stereocenters. The van der Waals surface area contributed by atoms with Gasteiger partial charge in [0.25, 0.3) is 0 Å². The molecule has 1 aliphatic carbocycles. The van der Waals surface area contributed by atoms with E-state index >= 15 is 0 Å². The Morgan fingerprint density at radius 3 is 2.38 bits per heavy atom. The van der Waals surface area contributed by atoms with Gasteiger partial charge in [-0.15, -0.1) is 0 Å². The first kappa shape index (κ1) is 16.5. The fourth-order valence-corrected chi connectivity index (χ4v) is 4.94. The van der Waals surface area contributed by atoms with Crippen molar-refractivity contribution in [1.82, 2.24) is 4.72 Å². The lowest BCUT2D eigenvalue weighted by atomic mass is 9.81. The summed E-state index contributed by atoms with van der Waals surface area (Å²) in [6, 6.07) is 5.42. The van der Waals surface area contributed by atoms with Crippen molar-refractivity contribution < 1.29 is 8.42 Å². The minimum atomic E-state index is -3.48. The van der Waals surface area contributed by atoms with Gasteiger partial charge in [0.1, 0.15) is 0 Å². The molecular weight excluding hydrogens is 284 g/mol. The third-order valence-corrected chi connectivity index (χ3v) is 5.94. The molecule has 3 N–H and O–H groups in total. The number of hydrogen-bond acceptors (Lipinski definition) is 3. The monoisotopic (exact) mass is 310 g/mol. The van der Waals surface area contributed by atoms with Crippen LogP contribution >= 0.6 is 0 Å². The summed E-state index contributed by atoms with van der Waals surface area (Å²) in [5.41, 5.74) is 7.22. The number of sulfonamides is 1. The molecule has 1 aromatic carbocycles. The third-order valence-electron chi connectivity index (χ3n) is 4.28. The van der Waals surface area contributed by atoms with Gasteiger partial charge >= 0.3 is 0 Å². The van der Waals surface area contributed by atoms with E-state index in [1.807, 2.05) is 19.1 Å². The zero-order chi connectivity index (χ0) is 15.6. The zero-order valence-corrected chi connectivity index (χ0v) is 13.9. The molecule has 4 nitrogen and oxygen atoms in total. The molecule has 0 aliphatic heterocycles. The van der Waals surface area contributed by atoms with Crippen molar-refractivity contribution in [3.63, 3.8) is 0 Å². The van der Waals surface area contributed by atoms with Crippen LogP contribution < -0.4 is 10.5 Å². The number of nitrogens with one attached hydrogen (secondary N) is 1. The Morgan fingerprint density at radius 2 is 1.81 bits per heavy atom. The normalized spacial score (nSPS) is 26.8. The van der Waals surface area contributed by atoms with E-state index in [9.17, 15) is 8.42 Å². The standard InChI is InChI=1S/C16H26N2O2S/c1-11-6-12(2)8-15(7-11)18-21(19,20)16-9-14(10-17)5-4-13(16)3/h4-5,9,11-12,15,18H,6-8,10,17H2,1-3H3. The van der Waals surface area contributed by atoms with E-state index in [-0.39, 0.29) is 6.04 Å². The summed E-state index contributed by atoms with van der Waals surface area (Å²) in [5, 5.41) is 0. The molecule has 1 aromatic rings. The Bertz CT molecular complexity index is 588. The first-order valence-corrected chi connectivity index (χ1v) is 9.12.